The second-order valence-corrected chi connectivity index (χ2v) is 6.87. The van der Waals surface area contributed by atoms with Crippen LogP contribution in [0.15, 0.2) is 79.0 Å². The number of nitrogens with zero attached hydrogens (tertiary/aromatic N) is 2. The molecule has 168 valence electrons. The molecule has 0 aliphatic carbocycles. The Morgan fingerprint density at radius 3 is 1.97 bits per heavy atom. The van der Waals surface area contributed by atoms with E-state index < -0.39 is 0 Å². The fourth-order valence-corrected chi connectivity index (χ4v) is 3.15. The molecule has 0 atom stereocenters. The first-order valence-corrected chi connectivity index (χ1v) is 10.2. The minimum atomic E-state index is 0.448. The van der Waals surface area contributed by atoms with Gasteiger partial charge in [-0.25, -0.2) is 4.98 Å². The van der Waals surface area contributed by atoms with Gasteiger partial charge in [0.25, 0.3) is 0 Å². The van der Waals surface area contributed by atoms with Crippen molar-refractivity contribution in [2.24, 2.45) is 0 Å². The molecular weight excluding hydrogens is 420 g/mol. The second kappa shape index (κ2) is 10.2. The van der Waals surface area contributed by atoms with Crippen LogP contribution >= 0.6 is 0 Å². The van der Waals surface area contributed by atoms with E-state index in [0.29, 0.717) is 29.0 Å². The molecule has 3 aromatic carbocycles. The number of para-hydroxylation sites is 1. The van der Waals surface area contributed by atoms with Gasteiger partial charge in [-0.1, -0.05) is 18.2 Å². The number of methoxy groups -OCH3 is 3. The van der Waals surface area contributed by atoms with Gasteiger partial charge >= 0.3 is 0 Å². The highest BCUT2D eigenvalue weighted by Crippen LogP contribution is 2.40. The van der Waals surface area contributed by atoms with Crippen LogP contribution < -0.4 is 29.6 Å². The van der Waals surface area contributed by atoms with Crippen molar-refractivity contribution < 1.29 is 18.9 Å². The van der Waals surface area contributed by atoms with E-state index in [9.17, 15) is 0 Å². The van der Waals surface area contributed by atoms with Gasteiger partial charge in [0.15, 0.2) is 11.5 Å². The van der Waals surface area contributed by atoms with Crippen LogP contribution in [-0.4, -0.2) is 31.3 Å². The number of rotatable bonds is 9. The Bertz CT molecular complexity index is 1180. The molecule has 8 heteroatoms. The Morgan fingerprint density at radius 1 is 0.667 bits per heavy atom. The Hall–Kier alpha value is -4.46. The molecule has 0 saturated carbocycles. The topological polar surface area (TPSA) is 86.8 Å². The number of benzene rings is 3. The van der Waals surface area contributed by atoms with Gasteiger partial charge in [-0.3, -0.25) is 0 Å². The molecule has 0 spiro atoms. The first-order chi connectivity index (χ1) is 16.2. The molecule has 0 fully saturated rings. The highest BCUT2D eigenvalue weighted by atomic mass is 16.5. The summed E-state index contributed by atoms with van der Waals surface area (Å²) in [6.07, 6.45) is 1.67. The quantitative estimate of drug-likeness (QED) is 0.336. The first-order valence-electron chi connectivity index (χ1n) is 10.2. The van der Waals surface area contributed by atoms with Crippen molar-refractivity contribution in [2.45, 2.75) is 0 Å². The van der Waals surface area contributed by atoms with E-state index in [1.165, 1.54) is 0 Å². The SMILES string of the molecule is COc1cc(Nc2ccnc(Nc3ccc(Oc4ccccc4)cc3)n2)cc(OC)c1OC. The average molecular weight is 444 g/mol. The third kappa shape index (κ3) is 5.43. The summed E-state index contributed by atoms with van der Waals surface area (Å²) < 4.78 is 22.0. The van der Waals surface area contributed by atoms with E-state index in [1.807, 2.05) is 66.7 Å². The van der Waals surface area contributed by atoms with Gasteiger partial charge in [0, 0.05) is 29.7 Å². The van der Waals surface area contributed by atoms with Crippen LogP contribution in [0.4, 0.5) is 23.1 Å². The molecular formula is C25H24N4O4. The van der Waals surface area contributed by atoms with Crippen molar-refractivity contribution in [1.29, 1.82) is 0 Å². The minimum absolute atomic E-state index is 0.448. The molecule has 2 N–H and O–H groups in total. The molecule has 33 heavy (non-hydrogen) atoms. The molecule has 0 aliphatic heterocycles. The molecule has 4 rings (SSSR count). The van der Waals surface area contributed by atoms with Gasteiger partial charge in [-0.05, 0) is 42.5 Å². The lowest BCUT2D eigenvalue weighted by molar-refractivity contribution is 0.324. The van der Waals surface area contributed by atoms with E-state index >= 15 is 0 Å². The van der Waals surface area contributed by atoms with E-state index in [1.54, 1.807) is 33.6 Å². The lowest BCUT2D eigenvalue weighted by Crippen LogP contribution is -2.01. The Balaban J connectivity index is 1.46. The maximum Gasteiger partial charge on any atom is 0.229 e. The monoisotopic (exact) mass is 444 g/mol. The van der Waals surface area contributed by atoms with Gasteiger partial charge in [0.1, 0.15) is 17.3 Å². The molecule has 0 bridgehead atoms. The van der Waals surface area contributed by atoms with Gasteiger partial charge in [-0.15, -0.1) is 0 Å². The largest absolute Gasteiger partial charge is 0.493 e. The van der Waals surface area contributed by atoms with E-state index in [0.717, 1.165) is 22.9 Å². The zero-order valence-electron chi connectivity index (χ0n) is 18.5. The molecule has 0 aliphatic rings. The van der Waals surface area contributed by atoms with Crippen LogP contribution in [0.2, 0.25) is 0 Å². The number of ether oxygens (including phenoxy) is 4. The van der Waals surface area contributed by atoms with Crippen molar-refractivity contribution in [3.8, 4) is 28.7 Å². The van der Waals surface area contributed by atoms with Gasteiger partial charge in [0.2, 0.25) is 11.7 Å². The zero-order chi connectivity index (χ0) is 23.0. The van der Waals surface area contributed by atoms with Crippen molar-refractivity contribution in [2.75, 3.05) is 32.0 Å². The molecule has 4 aromatic rings. The van der Waals surface area contributed by atoms with Crippen molar-refractivity contribution in [3.05, 3.63) is 79.0 Å². The normalized spacial score (nSPS) is 10.3. The number of nitrogens with one attached hydrogen (secondary N) is 2. The molecule has 8 nitrogen and oxygen atoms in total. The third-order valence-corrected chi connectivity index (χ3v) is 4.68. The zero-order valence-corrected chi connectivity index (χ0v) is 18.5. The van der Waals surface area contributed by atoms with Gasteiger partial charge in [-0.2, -0.15) is 4.98 Å². The van der Waals surface area contributed by atoms with Crippen molar-refractivity contribution >= 4 is 23.1 Å². The maximum absolute atomic E-state index is 5.82. The smallest absolute Gasteiger partial charge is 0.229 e. The highest BCUT2D eigenvalue weighted by Gasteiger charge is 2.13. The van der Waals surface area contributed by atoms with Crippen molar-refractivity contribution in [3.63, 3.8) is 0 Å². The summed E-state index contributed by atoms with van der Waals surface area (Å²) >= 11 is 0. The predicted octanol–water partition coefficient (Wildman–Crippen LogP) is 5.78. The second-order valence-electron chi connectivity index (χ2n) is 6.87. The fourth-order valence-electron chi connectivity index (χ4n) is 3.15. The van der Waals surface area contributed by atoms with Crippen LogP contribution in [0.3, 0.4) is 0 Å². The molecule has 0 radical (unpaired) electrons. The van der Waals surface area contributed by atoms with E-state index in [2.05, 4.69) is 20.6 Å². The fraction of sp³-hybridized carbons (Fsp3) is 0.120. The number of aromatic nitrogens is 2. The summed E-state index contributed by atoms with van der Waals surface area (Å²) in [5.74, 6) is 4.19. The average Bonchev–Trinajstić information content (AvgIpc) is 2.85. The number of hydrogen-bond donors (Lipinski definition) is 2. The van der Waals surface area contributed by atoms with Crippen LogP contribution in [0.5, 0.6) is 28.7 Å². The van der Waals surface area contributed by atoms with Crippen LogP contribution in [0.1, 0.15) is 0 Å². The van der Waals surface area contributed by atoms with E-state index in [4.69, 9.17) is 18.9 Å². The molecule has 0 unspecified atom stereocenters. The van der Waals surface area contributed by atoms with Gasteiger partial charge < -0.3 is 29.6 Å². The van der Waals surface area contributed by atoms with E-state index in [-0.39, 0.29) is 0 Å². The summed E-state index contributed by atoms with van der Waals surface area (Å²) in [7, 11) is 4.71. The maximum atomic E-state index is 5.82. The van der Waals surface area contributed by atoms with Crippen LogP contribution in [-0.2, 0) is 0 Å². The summed E-state index contributed by atoms with van der Waals surface area (Å²) in [6.45, 7) is 0. The summed E-state index contributed by atoms with van der Waals surface area (Å²) in [5.41, 5.74) is 1.57. The Labute approximate surface area is 192 Å². The summed E-state index contributed by atoms with van der Waals surface area (Å²) in [6, 6.07) is 22.6. The lowest BCUT2D eigenvalue weighted by Gasteiger charge is -2.15. The minimum Gasteiger partial charge on any atom is -0.493 e. The number of anilines is 4. The Kier molecular flexibility index (Phi) is 6.75. The van der Waals surface area contributed by atoms with Crippen LogP contribution in [0.25, 0.3) is 0 Å². The standard InChI is InChI=1S/C25H24N4O4/c1-30-21-15-18(16-22(31-2)24(21)32-3)27-23-13-14-26-25(29-23)28-17-9-11-20(12-10-17)33-19-7-5-4-6-8-19/h4-16H,1-3H3,(H2,26,27,28,29). The lowest BCUT2D eigenvalue weighted by atomic mass is 10.2. The molecule has 0 saturated heterocycles. The molecule has 1 heterocycles. The summed E-state index contributed by atoms with van der Waals surface area (Å²) in [5, 5.41) is 6.44. The van der Waals surface area contributed by atoms with Gasteiger partial charge in [0.05, 0.1) is 21.3 Å². The third-order valence-electron chi connectivity index (χ3n) is 4.68. The Morgan fingerprint density at radius 2 is 1.33 bits per heavy atom. The summed E-state index contributed by atoms with van der Waals surface area (Å²) in [4.78, 5) is 8.83. The number of hydrogen-bond acceptors (Lipinski definition) is 8. The highest BCUT2D eigenvalue weighted by molar-refractivity contribution is 5.67. The first kappa shape index (κ1) is 21.8. The molecule has 0 amide bonds. The van der Waals surface area contributed by atoms with Crippen LogP contribution in [0, 0.1) is 0 Å². The molecule has 1 aromatic heterocycles. The predicted molar refractivity (Wildman–Crippen MR) is 128 cm³/mol. The van der Waals surface area contributed by atoms with Crippen molar-refractivity contribution in [1.82, 2.24) is 9.97 Å².